The van der Waals surface area contributed by atoms with Gasteiger partial charge < -0.3 is 9.47 Å². The van der Waals surface area contributed by atoms with E-state index in [0.717, 1.165) is 0 Å². The summed E-state index contributed by atoms with van der Waals surface area (Å²) in [6.07, 6.45) is 0.407. The number of hydrogen-bond donors (Lipinski definition) is 0. The molecule has 0 spiro atoms. The lowest BCUT2D eigenvalue weighted by Crippen LogP contribution is -2.01. The second-order valence-corrected chi connectivity index (χ2v) is 4.24. The molecule has 0 bridgehead atoms. The van der Waals surface area contributed by atoms with Crippen LogP contribution in [-0.4, -0.2) is 20.0 Å². The predicted molar refractivity (Wildman–Crippen MR) is 66.9 cm³/mol. The highest BCUT2D eigenvalue weighted by Crippen LogP contribution is 2.42. The Hall–Kier alpha value is -0.740. The second-order valence-electron chi connectivity index (χ2n) is 3.06. The topological polar surface area (TPSA) is 35.5 Å². The van der Waals surface area contributed by atoms with Crippen LogP contribution in [0.1, 0.15) is 23.7 Å². The van der Waals surface area contributed by atoms with Gasteiger partial charge in [0.15, 0.2) is 17.3 Å². The number of Topliss-reactive ketones (excluding diaryl/α,β-unsaturated/α-hetero) is 1. The average molecular weight is 308 g/mol. The first kappa shape index (κ1) is 13.3. The fraction of sp³-hybridized carbons (Fsp3) is 0.364. The SMILES string of the molecule is CCC(=O)c1cc(OC)c(OC)c(Cl)c1Br. The minimum Gasteiger partial charge on any atom is -0.493 e. The fourth-order valence-corrected chi connectivity index (χ4v) is 2.11. The minimum atomic E-state index is -0.00488. The van der Waals surface area contributed by atoms with Crippen molar-refractivity contribution < 1.29 is 14.3 Å². The van der Waals surface area contributed by atoms with E-state index in [1.165, 1.54) is 14.2 Å². The van der Waals surface area contributed by atoms with Crippen LogP contribution in [0.25, 0.3) is 0 Å². The Morgan fingerprint density at radius 2 is 2.06 bits per heavy atom. The summed E-state index contributed by atoms with van der Waals surface area (Å²) in [6, 6.07) is 1.63. The van der Waals surface area contributed by atoms with E-state index >= 15 is 0 Å². The number of hydrogen-bond acceptors (Lipinski definition) is 3. The Morgan fingerprint density at radius 3 is 2.50 bits per heavy atom. The van der Waals surface area contributed by atoms with E-state index in [0.29, 0.717) is 33.0 Å². The Morgan fingerprint density at radius 1 is 1.44 bits per heavy atom. The van der Waals surface area contributed by atoms with Crippen molar-refractivity contribution in [2.24, 2.45) is 0 Å². The number of halogens is 2. The zero-order valence-corrected chi connectivity index (χ0v) is 11.6. The van der Waals surface area contributed by atoms with Crippen molar-refractivity contribution in [1.82, 2.24) is 0 Å². The van der Waals surface area contributed by atoms with Crippen molar-refractivity contribution >= 4 is 33.3 Å². The highest BCUT2D eigenvalue weighted by molar-refractivity contribution is 9.10. The van der Waals surface area contributed by atoms with E-state index in [9.17, 15) is 4.79 Å². The Balaban J connectivity index is 3.44. The standard InChI is InChI=1S/C11H12BrClO3/c1-4-7(14)6-5-8(15-2)11(16-3)10(13)9(6)12/h5H,4H2,1-3H3. The lowest BCUT2D eigenvalue weighted by Gasteiger charge is -2.13. The minimum absolute atomic E-state index is 0.00488. The van der Waals surface area contributed by atoms with Crippen LogP contribution in [0.5, 0.6) is 11.5 Å². The summed E-state index contributed by atoms with van der Waals surface area (Å²) in [4.78, 5) is 11.7. The molecule has 0 unspecified atom stereocenters. The smallest absolute Gasteiger partial charge is 0.180 e. The van der Waals surface area contributed by atoms with Gasteiger partial charge in [-0.1, -0.05) is 18.5 Å². The van der Waals surface area contributed by atoms with Gasteiger partial charge in [-0.15, -0.1) is 0 Å². The number of ketones is 1. The van der Waals surface area contributed by atoms with E-state index in [1.54, 1.807) is 13.0 Å². The van der Waals surface area contributed by atoms with Gasteiger partial charge in [-0.2, -0.15) is 0 Å². The number of benzene rings is 1. The van der Waals surface area contributed by atoms with Gasteiger partial charge >= 0.3 is 0 Å². The van der Waals surface area contributed by atoms with Crippen LogP contribution in [-0.2, 0) is 0 Å². The predicted octanol–water partition coefficient (Wildman–Crippen LogP) is 3.71. The van der Waals surface area contributed by atoms with E-state index in [4.69, 9.17) is 21.1 Å². The summed E-state index contributed by atoms with van der Waals surface area (Å²) in [6.45, 7) is 1.79. The maximum atomic E-state index is 11.7. The van der Waals surface area contributed by atoms with Gasteiger partial charge in [0.1, 0.15) is 5.02 Å². The van der Waals surface area contributed by atoms with Crippen molar-refractivity contribution in [2.75, 3.05) is 14.2 Å². The zero-order chi connectivity index (χ0) is 12.3. The third-order valence-electron chi connectivity index (χ3n) is 2.17. The van der Waals surface area contributed by atoms with Gasteiger partial charge in [0.25, 0.3) is 0 Å². The first-order valence-electron chi connectivity index (χ1n) is 4.69. The quantitative estimate of drug-likeness (QED) is 0.795. The molecule has 1 rings (SSSR count). The molecule has 16 heavy (non-hydrogen) atoms. The summed E-state index contributed by atoms with van der Waals surface area (Å²) in [7, 11) is 3.00. The molecule has 0 fully saturated rings. The Kier molecular flexibility index (Phi) is 4.62. The lowest BCUT2D eigenvalue weighted by atomic mass is 10.1. The molecule has 1 aromatic rings. The molecule has 0 aliphatic rings. The van der Waals surface area contributed by atoms with Gasteiger partial charge in [-0.05, 0) is 22.0 Å². The Labute approximate surface area is 108 Å². The fourth-order valence-electron chi connectivity index (χ4n) is 1.32. The molecular weight excluding hydrogens is 295 g/mol. The second kappa shape index (κ2) is 5.55. The van der Waals surface area contributed by atoms with Crippen LogP contribution >= 0.6 is 27.5 Å². The van der Waals surface area contributed by atoms with Crippen LogP contribution in [0.4, 0.5) is 0 Å². The summed E-state index contributed by atoms with van der Waals surface area (Å²) in [5.41, 5.74) is 0.505. The molecule has 0 aromatic heterocycles. The molecule has 1 aromatic carbocycles. The third-order valence-corrected chi connectivity index (χ3v) is 3.59. The molecule has 0 saturated carbocycles. The molecule has 0 N–H and O–H groups in total. The van der Waals surface area contributed by atoms with E-state index in [1.807, 2.05) is 0 Å². The van der Waals surface area contributed by atoms with Crippen molar-refractivity contribution in [3.05, 3.63) is 21.1 Å². The first-order chi connectivity index (χ1) is 7.56. The molecule has 5 heteroatoms. The van der Waals surface area contributed by atoms with Gasteiger partial charge in [-0.3, -0.25) is 4.79 Å². The molecule has 0 amide bonds. The van der Waals surface area contributed by atoms with Crippen LogP contribution < -0.4 is 9.47 Å². The van der Waals surface area contributed by atoms with Crippen molar-refractivity contribution in [1.29, 1.82) is 0 Å². The highest BCUT2D eigenvalue weighted by atomic mass is 79.9. The molecule has 0 atom stereocenters. The van der Waals surface area contributed by atoms with Gasteiger partial charge in [-0.25, -0.2) is 0 Å². The van der Waals surface area contributed by atoms with Crippen molar-refractivity contribution in [2.45, 2.75) is 13.3 Å². The number of ether oxygens (including phenoxy) is 2. The van der Waals surface area contributed by atoms with Crippen LogP contribution in [0, 0.1) is 0 Å². The largest absolute Gasteiger partial charge is 0.493 e. The number of carbonyl (C=O) groups is 1. The van der Waals surface area contributed by atoms with Crippen molar-refractivity contribution in [3.8, 4) is 11.5 Å². The van der Waals surface area contributed by atoms with Crippen LogP contribution in [0.15, 0.2) is 10.5 Å². The average Bonchev–Trinajstić information content (AvgIpc) is 2.31. The Bertz CT molecular complexity index is 418. The number of carbonyl (C=O) groups excluding carboxylic acids is 1. The number of methoxy groups -OCH3 is 2. The van der Waals surface area contributed by atoms with Crippen LogP contribution in [0.2, 0.25) is 5.02 Å². The van der Waals surface area contributed by atoms with Gasteiger partial charge in [0.05, 0.1) is 18.7 Å². The molecule has 0 aliphatic carbocycles. The molecular formula is C11H12BrClO3. The van der Waals surface area contributed by atoms with E-state index in [-0.39, 0.29) is 5.78 Å². The van der Waals surface area contributed by atoms with Crippen molar-refractivity contribution in [3.63, 3.8) is 0 Å². The van der Waals surface area contributed by atoms with Crippen LogP contribution in [0.3, 0.4) is 0 Å². The molecule has 0 aliphatic heterocycles. The van der Waals surface area contributed by atoms with E-state index in [2.05, 4.69) is 15.9 Å². The normalized spacial score (nSPS) is 10.1. The van der Waals surface area contributed by atoms with Gasteiger partial charge in [0, 0.05) is 12.0 Å². The third kappa shape index (κ3) is 2.33. The maximum Gasteiger partial charge on any atom is 0.180 e. The molecule has 3 nitrogen and oxygen atoms in total. The first-order valence-corrected chi connectivity index (χ1v) is 5.87. The van der Waals surface area contributed by atoms with Gasteiger partial charge in [0.2, 0.25) is 0 Å². The zero-order valence-electron chi connectivity index (χ0n) is 9.27. The lowest BCUT2D eigenvalue weighted by molar-refractivity contribution is 0.0987. The van der Waals surface area contributed by atoms with E-state index < -0.39 is 0 Å². The monoisotopic (exact) mass is 306 g/mol. The summed E-state index contributed by atoms with van der Waals surface area (Å²) < 4.78 is 10.8. The molecule has 88 valence electrons. The molecule has 0 heterocycles. The summed E-state index contributed by atoms with van der Waals surface area (Å²) in [5.74, 6) is 0.867. The summed E-state index contributed by atoms with van der Waals surface area (Å²) in [5, 5.41) is 0.346. The molecule has 0 saturated heterocycles. The summed E-state index contributed by atoms with van der Waals surface area (Å²) >= 11 is 9.37. The maximum absolute atomic E-state index is 11.7. The molecule has 0 radical (unpaired) electrons. The highest BCUT2D eigenvalue weighted by Gasteiger charge is 2.19. The number of rotatable bonds is 4.